The zero-order valence-electron chi connectivity index (χ0n) is 38.2. The normalized spacial score (nSPS) is 18.5. The minimum Gasteiger partial charge on any atom is -0.453 e. The number of ether oxygens (including phenoxy) is 2. The number of alkyl carbamates (subject to hydrolysis) is 2. The molecular formula is C52H58N8O6S. The van der Waals surface area contributed by atoms with Crippen molar-refractivity contribution >= 4 is 46.5 Å². The van der Waals surface area contributed by atoms with E-state index >= 15 is 0 Å². The lowest BCUT2D eigenvalue weighted by atomic mass is 9.92. The summed E-state index contributed by atoms with van der Waals surface area (Å²) in [6.45, 7) is 5.15. The fourth-order valence-corrected chi connectivity index (χ4v) is 10.9. The molecule has 0 bridgehead atoms. The van der Waals surface area contributed by atoms with Crippen LogP contribution in [0.1, 0.15) is 81.7 Å². The first-order valence-electron chi connectivity index (χ1n) is 23.4. The summed E-state index contributed by atoms with van der Waals surface area (Å²) in [4.78, 5) is 73.4. The molecule has 6 aromatic rings. The minimum absolute atomic E-state index is 0.0408. The van der Waals surface area contributed by atoms with E-state index in [1.54, 1.807) is 0 Å². The summed E-state index contributed by atoms with van der Waals surface area (Å²) in [5.41, 5.74) is 6.80. The third-order valence-electron chi connectivity index (χ3n) is 13.5. The minimum atomic E-state index is -0.691. The molecule has 0 saturated carbocycles. The van der Waals surface area contributed by atoms with Gasteiger partial charge in [0.05, 0.1) is 43.0 Å². The Kier molecular flexibility index (Phi) is 13.9. The van der Waals surface area contributed by atoms with Gasteiger partial charge in [-0.1, -0.05) is 92.7 Å². The Morgan fingerprint density at radius 2 is 1.25 bits per heavy atom. The standard InChI is InChI=1S/C52H58N8O6S/c1-32(2)45(57-51(63)65-3)49(61)59-23-7-11-43(59)48-54-30-42(56-48)40-20-19-38-27-37(17-18-39(38)28-40)34-13-15-35(16-14-34)41-29-53-47(55-41)44-12-8-24-60(44)50(62)46(36-21-25-67-26-22-36)58-52(64)66-31-33-9-5-4-6-10-33/h4-6,9-10,13-20,27-30,32,36,43-46H,7-8,11-12,21-26,31H2,1-3H3,(H,53,55)(H,54,56)(H,57,63)(H,58,64)/t43-,44-,45-,46-/m0/s1. The first-order chi connectivity index (χ1) is 32.6. The lowest BCUT2D eigenvalue weighted by Crippen LogP contribution is -2.53. The molecule has 0 radical (unpaired) electrons. The van der Waals surface area contributed by atoms with E-state index in [1.807, 2.05) is 78.1 Å². The zero-order valence-corrected chi connectivity index (χ0v) is 39.0. The van der Waals surface area contributed by atoms with Crippen molar-refractivity contribution in [3.05, 3.63) is 121 Å². The number of methoxy groups -OCH3 is 1. The number of thioether (sulfide) groups is 1. The number of amides is 4. The van der Waals surface area contributed by atoms with Gasteiger partial charge in [-0.15, -0.1) is 0 Å². The first kappa shape index (κ1) is 45.5. The van der Waals surface area contributed by atoms with Gasteiger partial charge < -0.3 is 39.9 Å². The van der Waals surface area contributed by atoms with E-state index in [0.717, 1.165) is 112 Å². The summed E-state index contributed by atoms with van der Waals surface area (Å²) in [5, 5.41) is 7.89. The van der Waals surface area contributed by atoms with Gasteiger partial charge >= 0.3 is 12.2 Å². The Labute approximate surface area is 395 Å². The molecule has 3 aliphatic heterocycles. The predicted molar refractivity (Wildman–Crippen MR) is 260 cm³/mol. The average Bonchev–Trinajstić information content (AvgIpc) is 4.22. The van der Waals surface area contributed by atoms with E-state index in [4.69, 9.17) is 19.4 Å². The average molecular weight is 923 g/mol. The van der Waals surface area contributed by atoms with E-state index in [2.05, 4.69) is 81.3 Å². The number of hydrogen-bond donors (Lipinski definition) is 4. The van der Waals surface area contributed by atoms with Crippen LogP contribution in [0.2, 0.25) is 0 Å². The molecule has 3 saturated heterocycles. The number of likely N-dealkylation sites (tertiary alicyclic amines) is 2. The number of H-pyrrole nitrogens is 2. The summed E-state index contributed by atoms with van der Waals surface area (Å²) in [5.74, 6) is 3.12. The molecule has 0 unspecified atom stereocenters. The lowest BCUT2D eigenvalue weighted by molar-refractivity contribution is -0.136. The highest BCUT2D eigenvalue weighted by Gasteiger charge is 2.41. The summed E-state index contributed by atoms with van der Waals surface area (Å²) < 4.78 is 10.4. The van der Waals surface area contributed by atoms with Gasteiger partial charge in [-0.05, 0) is 107 Å². The summed E-state index contributed by atoms with van der Waals surface area (Å²) in [6.07, 6.45) is 7.46. The summed E-state index contributed by atoms with van der Waals surface area (Å²) >= 11 is 1.89. The van der Waals surface area contributed by atoms with Gasteiger partial charge in [0.15, 0.2) is 0 Å². The second-order valence-electron chi connectivity index (χ2n) is 18.1. The van der Waals surface area contributed by atoms with Crippen molar-refractivity contribution in [1.82, 2.24) is 40.4 Å². The molecule has 3 aliphatic rings. The smallest absolute Gasteiger partial charge is 0.408 e. The van der Waals surface area contributed by atoms with Crippen LogP contribution in [0.4, 0.5) is 9.59 Å². The van der Waals surface area contributed by atoms with E-state index in [0.29, 0.717) is 13.1 Å². The number of hydrogen-bond acceptors (Lipinski definition) is 9. The monoisotopic (exact) mass is 922 g/mol. The second-order valence-corrected chi connectivity index (χ2v) is 19.3. The molecule has 3 fully saturated rings. The van der Waals surface area contributed by atoms with Crippen LogP contribution in [0.25, 0.3) is 44.4 Å². The number of imidazole rings is 2. The number of carbonyl (C=O) groups is 4. The van der Waals surface area contributed by atoms with E-state index in [-0.39, 0.29) is 42.3 Å². The van der Waals surface area contributed by atoms with Crippen LogP contribution in [0, 0.1) is 11.8 Å². The van der Waals surface area contributed by atoms with Crippen molar-refractivity contribution in [1.29, 1.82) is 0 Å². The van der Waals surface area contributed by atoms with Gasteiger partial charge in [-0.25, -0.2) is 19.6 Å². The maximum Gasteiger partial charge on any atom is 0.408 e. The van der Waals surface area contributed by atoms with Crippen molar-refractivity contribution < 1.29 is 28.7 Å². The quantitative estimate of drug-likeness (QED) is 0.0880. The number of aromatic amines is 2. The van der Waals surface area contributed by atoms with Crippen molar-refractivity contribution in [3.63, 3.8) is 0 Å². The van der Waals surface area contributed by atoms with Crippen LogP contribution < -0.4 is 10.6 Å². The van der Waals surface area contributed by atoms with Gasteiger partial charge in [0.25, 0.3) is 0 Å². The third kappa shape index (κ3) is 10.2. The Morgan fingerprint density at radius 3 is 1.88 bits per heavy atom. The second kappa shape index (κ2) is 20.5. The first-order valence-corrected chi connectivity index (χ1v) is 24.5. The van der Waals surface area contributed by atoms with Crippen LogP contribution in [0.3, 0.4) is 0 Å². The molecule has 0 spiro atoms. The van der Waals surface area contributed by atoms with Crippen molar-refractivity contribution in [2.75, 3.05) is 31.7 Å². The van der Waals surface area contributed by atoms with Crippen LogP contribution in [0.15, 0.2) is 103 Å². The molecular weight excluding hydrogens is 865 g/mol. The fraction of sp³-hybridized carbons (Fsp3) is 0.385. The number of carbonyl (C=O) groups excluding carboxylic acids is 4. The number of rotatable bonds is 13. The van der Waals surface area contributed by atoms with Crippen LogP contribution in [-0.4, -0.2) is 97.5 Å². The van der Waals surface area contributed by atoms with E-state index in [1.165, 1.54) is 7.11 Å². The predicted octanol–water partition coefficient (Wildman–Crippen LogP) is 9.43. The summed E-state index contributed by atoms with van der Waals surface area (Å²) in [6, 6.07) is 29.0. The highest BCUT2D eigenvalue weighted by molar-refractivity contribution is 7.99. The van der Waals surface area contributed by atoms with Gasteiger partial charge in [0.2, 0.25) is 11.8 Å². The molecule has 5 heterocycles. The van der Waals surface area contributed by atoms with Gasteiger partial charge in [-0.3, -0.25) is 9.59 Å². The van der Waals surface area contributed by atoms with Crippen LogP contribution in [-0.2, 0) is 25.7 Å². The Morgan fingerprint density at radius 1 is 0.687 bits per heavy atom. The van der Waals surface area contributed by atoms with Gasteiger partial charge in [0.1, 0.15) is 30.3 Å². The Bertz CT molecular complexity index is 2700. The topological polar surface area (TPSA) is 175 Å². The van der Waals surface area contributed by atoms with Gasteiger partial charge in [0, 0.05) is 18.7 Å². The molecule has 4 N–H and O–H groups in total. The molecule has 15 heteroatoms. The van der Waals surface area contributed by atoms with Crippen LogP contribution in [0.5, 0.6) is 0 Å². The van der Waals surface area contributed by atoms with Crippen LogP contribution >= 0.6 is 11.8 Å². The van der Waals surface area contributed by atoms with Crippen molar-refractivity contribution in [3.8, 4) is 33.6 Å². The maximum absolute atomic E-state index is 14.4. The molecule has 4 amide bonds. The molecule has 9 rings (SSSR count). The highest BCUT2D eigenvalue weighted by Crippen LogP contribution is 2.37. The van der Waals surface area contributed by atoms with E-state index < -0.39 is 24.3 Å². The number of aromatic nitrogens is 4. The van der Waals surface area contributed by atoms with Crippen molar-refractivity contribution in [2.45, 2.75) is 83.1 Å². The SMILES string of the molecule is COC(=O)N[C@H](C(=O)N1CCC[C@H]1c1ncc(-c2ccc3cc(-c4ccc(-c5cnc([C@@H]6CCCN6C(=O)[C@@H](NC(=O)OCc6ccccc6)C6CCSCC6)[nH]5)cc4)ccc3c2)[nH]1)C(C)C. The number of benzene rings is 4. The fourth-order valence-electron chi connectivity index (χ4n) is 9.75. The van der Waals surface area contributed by atoms with Crippen molar-refractivity contribution in [2.24, 2.45) is 11.8 Å². The molecule has 0 aliphatic carbocycles. The largest absolute Gasteiger partial charge is 0.453 e. The number of nitrogens with one attached hydrogen (secondary N) is 4. The van der Waals surface area contributed by atoms with Gasteiger partial charge in [-0.2, -0.15) is 11.8 Å². The molecule has 4 aromatic carbocycles. The molecule has 4 atom stereocenters. The molecule has 348 valence electrons. The molecule has 14 nitrogen and oxygen atoms in total. The molecule has 2 aromatic heterocycles. The number of fused-ring (bicyclic) bond motifs is 1. The Balaban J connectivity index is 0.850. The maximum atomic E-state index is 14.4. The zero-order chi connectivity index (χ0) is 46.4. The third-order valence-corrected chi connectivity index (χ3v) is 14.5. The lowest BCUT2D eigenvalue weighted by Gasteiger charge is -2.34. The molecule has 67 heavy (non-hydrogen) atoms. The van der Waals surface area contributed by atoms with E-state index in [9.17, 15) is 19.2 Å². The highest BCUT2D eigenvalue weighted by atomic mass is 32.2. The Hall–Kier alpha value is -6.61. The number of nitrogens with zero attached hydrogens (tertiary/aromatic N) is 4. The summed E-state index contributed by atoms with van der Waals surface area (Å²) in [7, 11) is 1.30.